The van der Waals surface area contributed by atoms with Gasteiger partial charge in [-0.1, -0.05) is 64.7 Å². The SMILES string of the molecule is CCCCCCCCCCCC1SCCNC1=O. The Labute approximate surface area is 117 Å². The van der Waals surface area contributed by atoms with Crippen LogP contribution >= 0.6 is 11.8 Å². The largest absolute Gasteiger partial charge is 0.354 e. The second-order valence-corrected chi connectivity index (χ2v) is 6.58. The molecule has 1 aliphatic heterocycles. The zero-order valence-corrected chi connectivity index (χ0v) is 12.7. The molecule has 1 unspecified atom stereocenters. The smallest absolute Gasteiger partial charge is 0.233 e. The summed E-state index contributed by atoms with van der Waals surface area (Å²) in [5.41, 5.74) is 0. The van der Waals surface area contributed by atoms with E-state index >= 15 is 0 Å². The lowest BCUT2D eigenvalue weighted by Gasteiger charge is -2.21. The molecule has 0 aromatic carbocycles. The van der Waals surface area contributed by atoms with Crippen molar-refractivity contribution in [2.75, 3.05) is 12.3 Å². The summed E-state index contributed by atoms with van der Waals surface area (Å²) in [5.74, 6) is 1.36. The monoisotopic (exact) mass is 271 g/mol. The fraction of sp³-hybridized carbons (Fsp3) is 0.933. The Hall–Kier alpha value is -0.180. The summed E-state index contributed by atoms with van der Waals surface area (Å²) in [7, 11) is 0. The molecule has 0 bridgehead atoms. The van der Waals surface area contributed by atoms with E-state index in [0.29, 0.717) is 0 Å². The average Bonchev–Trinajstić information content (AvgIpc) is 2.39. The first kappa shape index (κ1) is 15.9. The molecule has 2 nitrogen and oxygen atoms in total. The summed E-state index contributed by atoms with van der Waals surface area (Å²) < 4.78 is 0. The van der Waals surface area contributed by atoms with Crippen molar-refractivity contribution >= 4 is 17.7 Å². The van der Waals surface area contributed by atoms with Gasteiger partial charge in [-0.2, -0.15) is 0 Å². The molecule has 1 rings (SSSR count). The zero-order valence-electron chi connectivity index (χ0n) is 11.9. The first-order valence-corrected chi connectivity index (χ1v) is 8.78. The van der Waals surface area contributed by atoms with Crippen LogP contribution in [-0.2, 0) is 4.79 Å². The van der Waals surface area contributed by atoms with Crippen LogP contribution in [0.15, 0.2) is 0 Å². The Morgan fingerprint density at radius 2 is 1.67 bits per heavy atom. The summed E-state index contributed by atoms with van der Waals surface area (Å²) in [6, 6.07) is 0. The van der Waals surface area contributed by atoms with Gasteiger partial charge in [0, 0.05) is 12.3 Å². The fourth-order valence-corrected chi connectivity index (χ4v) is 3.49. The number of nitrogens with one attached hydrogen (secondary N) is 1. The van der Waals surface area contributed by atoms with Crippen molar-refractivity contribution in [1.29, 1.82) is 0 Å². The highest BCUT2D eigenvalue weighted by Crippen LogP contribution is 2.21. The van der Waals surface area contributed by atoms with Crippen LogP contribution in [-0.4, -0.2) is 23.5 Å². The lowest BCUT2D eigenvalue weighted by molar-refractivity contribution is -0.120. The topological polar surface area (TPSA) is 29.1 Å². The van der Waals surface area contributed by atoms with Gasteiger partial charge in [-0.15, -0.1) is 11.8 Å². The van der Waals surface area contributed by atoms with Crippen molar-refractivity contribution in [1.82, 2.24) is 5.32 Å². The highest BCUT2D eigenvalue weighted by Gasteiger charge is 2.21. The van der Waals surface area contributed by atoms with Crippen LogP contribution < -0.4 is 5.32 Å². The number of unbranched alkanes of at least 4 members (excludes halogenated alkanes) is 8. The van der Waals surface area contributed by atoms with Gasteiger partial charge in [0.05, 0.1) is 5.25 Å². The van der Waals surface area contributed by atoms with E-state index in [2.05, 4.69) is 12.2 Å². The fourth-order valence-electron chi connectivity index (χ4n) is 2.42. The van der Waals surface area contributed by atoms with Gasteiger partial charge in [-0.3, -0.25) is 4.79 Å². The molecule has 3 heteroatoms. The van der Waals surface area contributed by atoms with Crippen LogP contribution in [0.4, 0.5) is 0 Å². The predicted octanol–water partition coefficient (Wildman–Crippen LogP) is 4.14. The predicted molar refractivity (Wildman–Crippen MR) is 81.1 cm³/mol. The molecule has 0 aliphatic carbocycles. The van der Waals surface area contributed by atoms with Crippen molar-refractivity contribution in [2.45, 2.75) is 76.4 Å². The minimum atomic E-state index is 0.239. The van der Waals surface area contributed by atoms with Crippen molar-refractivity contribution in [3.63, 3.8) is 0 Å². The third-order valence-corrected chi connectivity index (χ3v) is 4.87. The summed E-state index contributed by atoms with van der Waals surface area (Å²) in [4.78, 5) is 11.5. The average molecular weight is 271 g/mol. The first-order chi connectivity index (χ1) is 8.84. The molecule has 0 radical (unpaired) electrons. The molecule has 0 aromatic heterocycles. The number of thioether (sulfide) groups is 1. The number of amides is 1. The van der Waals surface area contributed by atoms with Gasteiger partial charge in [0.25, 0.3) is 0 Å². The second kappa shape index (κ2) is 10.7. The molecule has 1 N–H and O–H groups in total. The highest BCUT2D eigenvalue weighted by molar-refractivity contribution is 8.00. The summed E-state index contributed by atoms with van der Waals surface area (Å²) in [6.45, 7) is 3.12. The minimum Gasteiger partial charge on any atom is -0.354 e. The van der Waals surface area contributed by atoms with E-state index in [-0.39, 0.29) is 11.2 Å². The molecule has 106 valence electrons. The quantitative estimate of drug-likeness (QED) is 0.605. The summed E-state index contributed by atoms with van der Waals surface area (Å²) in [6.07, 6.45) is 13.3. The van der Waals surface area contributed by atoms with Gasteiger partial charge in [0.2, 0.25) is 5.91 Å². The van der Waals surface area contributed by atoms with Crippen LogP contribution in [0.2, 0.25) is 0 Å². The van der Waals surface area contributed by atoms with Gasteiger partial charge in [-0.25, -0.2) is 0 Å². The minimum absolute atomic E-state index is 0.239. The first-order valence-electron chi connectivity index (χ1n) is 7.74. The molecule has 1 atom stereocenters. The van der Waals surface area contributed by atoms with E-state index in [1.807, 2.05) is 11.8 Å². The van der Waals surface area contributed by atoms with E-state index in [4.69, 9.17) is 0 Å². The van der Waals surface area contributed by atoms with E-state index in [9.17, 15) is 4.79 Å². The second-order valence-electron chi connectivity index (χ2n) is 5.27. The van der Waals surface area contributed by atoms with Gasteiger partial charge >= 0.3 is 0 Å². The zero-order chi connectivity index (χ0) is 13.1. The maximum Gasteiger partial charge on any atom is 0.233 e. The van der Waals surface area contributed by atoms with Gasteiger partial charge in [-0.05, 0) is 6.42 Å². The number of rotatable bonds is 10. The van der Waals surface area contributed by atoms with Crippen molar-refractivity contribution < 1.29 is 4.79 Å². The molecule has 1 amide bonds. The van der Waals surface area contributed by atoms with Gasteiger partial charge < -0.3 is 5.32 Å². The lowest BCUT2D eigenvalue weighted by Crippen LogP contribution is -2.39. The summed E-state index contributed by atoms with van der Waals surface area (Å²) >= 11 is 1.84. The lowest BCUT2D eigenvalue weighted by atomic mass is 10.1. The summed E-state index contributed by atoms with van der Waals surface area (Å²) in [5, 5.41) is 3.19. The highest BCUT2D eigenvalue weighted by atomic mass is 32.2. The van der Waals surface area contributed by atoms with E-state index in [1.165, 1.54) is 57.8 Å². The Morgan fingerprint density at radius 1 is 1.06 bits per heavy atom. The normalized spacial score (nSPS) is 19.8. The molecule has 18 heavy (non-hydrogen) atoms. The van der Waals surface area contributed by atoms with Crippen LogP contribution in [0.5, 0.6) is 0 Å². The molecule has 0 saturated carbocycles. The molecule has 1 saturated heterocycles. The Bertz CT molecular complexity index is 221. The molecule has 1 heterocycles. The number of carbonyl (C=O) groups is 1. The van der Waals surface area contributed by atoms with E-state index in [0.717, 1.165) is 18.7 Å². The van der Waals surface area contributed by atoms with Crippen molar-refractivity contribution in [3.05, 3.63) is 0 Å². The van der Waals surface area contributed by atoms with E-state index in [1.54, 1.807) is 0 Å². The number of hydrogen-bond donors (Lipinski definition) is 1. The van der Waals surface area contributed by atoms with Crippen molar-refractivity contribution in [2.24, 2.45) is 0 Å². The van der Waals surface area contributed by atoms with Crippen molar-refractivity contribution in [3.8, 4) is 0 Å². The van der Waals surface area contributed by atoms with Gasteiger partial charge in [0.15, 0.2) is 0 Å². The third kappa shape index (κ3) is 7.30. The van der Waals surface area contributed by atoms with Crippen LogP contribution in [0, 0.1) is 0 Å². The molecule has 0 aromatic rings. The molecule has 1 aliphatic rings. The Kier molecular flexibility index (Phi) is 9.45. The maximum absolute atomic E-state index is 11.5. The number of hydrogen-bond acceptors (Lipinski definition) is 2. The number of carbonyl (C=O) groups excluding carboxylic acids is 1. The molecular formula is C15H29NOS. The van der Waals surface area contributed by atoms with Crippen LogP contribution in [0.25, 0.3) is 0 Å². The van der Waals surface area contributed by atoms with E-state index < -0.39 is 0 Å². The van der Waals surface area contributed by atoms with Crippen LogP contribution in [0.3, 0.4) is 0 Å². The van der Waals surface area contributed by atoms with Gasteiger partial charge in [0.1, 0.15) is 0 Å². The maximum atomic E-state index is 11.5. The molecule has 1 fully saturated rings. The third-order valence-electron chi connectivity index (χ3n) is 3.58. The van der Waals surface area contributed by atoms with Crippen LogP contribution in [0.1, 0.15) is 71.1 Å². The Balaban J connectivity index is 1.84. The Morgan fingerprint density at radius 3 is 2.28 bits per heavy atom. The molecule has 0 spiro atoms. The molecular weight excluding hydrogens is 242 g/mol. The standard InChI is InChI=1S/C15H29NOS/c1-2-3-4-5-6-7-8-9-10-11-14-15(17)16-12-13-18-14/h14H,2-13H2,1H3,(H,16,17).